The van der Waals surface area contributed by atoms with E-state index in [0.29, 0.717) is 0 Å². The predicted molar refractivity (Wildman–Crippen MR) is 241 cm³/mol. The van der Waals surface area contributed by atoms with E-state index in [1.54, 1.807) is 0 Å². The molecule has 1 aliphatic carbocycles. The van der Waals surface area contributed by atoms with E-state index < -0.39 is 0 Å². The minimum Gasteiger partial charge on any atom is -0.456 e. The molecule has 0 aliphatic heterocycles. The Hall–Kier alpha value is -7.56. The molecule has 0 N–H and O–H groups in total. The molecule has 1 atom stereocenters. The molecule has 58 heavy (non-hydrogen) atoms. The van der Waals surface area contributed by atoms with Gasteiger partial charge in [0.1, 0.15) is 22.3 Å². The molecule has 4 heterocycles. The molecule has 1 aliphatic rings. The third-order valence-corrected chi connectivity index (χ3v) is 12.5. The molecule has 12 aromatic rings. The van der Waals surface area contributed by atoms with Gasteiger partial charge < -0.3 is 18.0 Å². The Labute approximate surface area is 332 Å². The van der Waals surface area contributed by atoms with Crippen LogP contribution >= 0.6 is 0 Å². The number of furan rings is 2. The van der Waals surface area contributed by atoms with Gasteiger partial charge in [0.15, 0.2) is 0 Å². The minimum absolute atomic E-state index is 0.208. The normalized spacial score (nSPS) is 14.7. The summed E-state index contributed by atoms with van der Waals surface area (Å²) in [5, 5.41) is 9.54. The van der Waals surface area contributed by atoms with Gasteiger partial charge in [-0.1, -0.05) is 115 Å². The molecule has 1 unspecified atom stereocenters. The molecule has 4 heteroatoms. The summed E-state index contributed by atoms with van der Waals surface area (Å²) in [7, 11) is 0. The molecule has 4 nitrogen and oxygen atoms in total. The fraction of sp³-hybridized carbons (Fsp3) is 0.0370. The lowest BCUT2D eigenvalue weighted by atomic mass is 9.90. The van der Waals surface area contributed by atoms with E-state index in [9.17, 15) is 0 Å². The van der Waals surface area contributed by atoms with Gasteiger partial charge in [-0.25, -0.2) is 0 Å². The molecule has 0 amide bonds. The zero-order valence-corrected chi connectivity index (χ0v) is 31.4. The lowest BCUT2D eigenvalue weighted by Gasteiger charge is -2.19. The standard InChI is InChI=1S/C54H34N2O2/c1-2-11-36(12-3-1)55-45-18-7-4-13-39(45)43-31-34(23-27-46(43)55)35-24-28-47-44(32-35)52-48(29-30-51-53(52)42-15-6-9-20-50(42)57-51)56(47)37-25-21-33(22-26-37)38-16-10-17-41-40-14-5-8-19-49(40)58-54(38)41/h1-21,23-33H,22H2. The van der Waals surface area contributed by atoms with E-state index in [-0.39, 0.29) is 5.92 Å². The van der Waals surface area contributed by atoms with Crippen LogP contribution in [-0.2, 0) is 0 Å². The number of hydrogen-bond donors (Lipinski definition) is 0. The van der Waals surface area contributed by atoms with Crippen molar-refractivity contribution in [2.45, 2.75) is 12.3 Å². The lowest BCUT2D eigenvalue weighted by Crippen LogP contribution is -2.03. The molecule has 8 aromatic carbocycles. The summed E-state index contributed by atoms with van der Waals surface area (Å²) in [6.07, 6.45) is 7.93. The number of hydrogen-bond acceptors (Lipinski definition) is 2. The Morgan fingerprint density at radius 2 is 1.09 bits per heavy atom. The molecule has 4 aromatic heterocycles. The molecule has 0 radical (unpaired) electrons. The second-order valence-electron chi connectivity index (χ2n) is 15.6. The van der Waals surface area contributed by atoms with Crippen molar-refractivity contribution in [2.24, 2.45) is 0 Å². The number of allylic oxidation sites excluding steroid dienone is 4. The average molecular weight is 743 g/mol. The van der Waals surface area contributed by atoms with Gasteiger partial charge in [-0.3, -0.25) is 0 Å². The maximum atomic E-state index is 6.48. The van der Waals surface area contributed by atoms with Crippen LogP contribution in [0.15, 0.2) is 197 Å². The summed E-state index contributed by atoms with van der Waals surface area (Å²) in [6, 6.07) is 61.0. The van der Waals surface area contributed by atoms with Crippen LogP contribution in [0.1, 0.15) is 17.9 Å². The summed E-state index contributed by atoms with van der Waals surface area (Å²) >= 11 is 0. The topological polar surface area (TPSA) is 36.1 Å². The molecule has 0 fully saturated rings. The van der Waals surface area contributed by atoms with Crippen molar-refractivity contribution in [3.8, 4) is 16.8 Å². The summed E-state index contributed by atoms with van der Waals surface area (Å²) in [5.74, 6) is 0.208. The number of nitrogens with zero attached hydrogens (tertiary/aromatic N) is 2. The maximum Gasteiger partial charge on any atom is 0.139 e. The summed E-state index contributed by atoms with van der Waals surface area (Å²) in [5.41, 5.74) is 14.4. The molecule has 0 saturated carbocycles. The van der Waals surface area contributed by atoms with Gasteiger partial charge >= 0.3 is 0 Å². The Balaban J connectivity index is 0.991. The minimum atomic E-state index is 0.208. The van der Waals surface area contributed by atoms with E-state index in [0.717, 1.165) is 50.6 Å². The predicted octanol–water partition coefficient (Wildman–Crippen LogP) is 14.9. The number of para-hydroxylation sites is 5. The largest absolute Gasteiger partial charge is 0.456 e. The fourth-order valence-corrected chi connectivity index (χ4v) is 9.86. The first-order valence-corrected chi connectivity index (χ1v) is 20.0. The molecule has 272 valence electrons. The highest BCUT2D eigenvalue weighted by atomic mass is 16.3. The van der Waals surface area contributed by atoms with Gasteiger partial charge in [0.05, 0.1) is 22.1 Å². The molecule has 0 spiro atoms. The molecule has 0 bridgehead atoms. The Kier molecular flexibility index (Phi) is 6.53. The van der Waals surface area contributed by atoms with E-state index in [1.807, 2.05) is 12.1 Å². The van der Waals surface area contributed by atoms with E-state index in [1.165, 1.54) is 71.4 Å². The van der Waals surface area contributed by atoms with Gasteiger partial charge in [-0.05, 0) is 90.4 Å². The second-order valence-corrected chi connectivity index (χ2v) is 15.6. The van der Waals surface area contributed by atoms with Crippen LogP contribution in [0, 0.1) is 0 Å². The SMILES string of the molecule is C1=CC(c2cccc3c2oc2ccccc23)CC=C1n1c2ccc(-c3ccc4c(c3)c3ccccc3n4-c3ccccc3)cc2c2c3c(ccc21)oc1ccccc13. The highest BCUT2D eigenvalue weighted by molar-refractivity contribution is 6.28. The van der Waals surface area contributed by atoms with Crippen molar-refractivity contribution >= 4 is 93.2 Å². The van der Waals surface area contributed by atoms with Gasteiger partial charge in [-0.15, -0.1) is 0 Å². The number of benzene rings is 8. The van der Waals surface area contributed by atoms with Gasteiger partial charge in [0.25, 0.3) is 0 Å². The van der Waals surface area contributed by atoms with Crippen molar-refractivity contribution in [1.82, 2.24) is 9.13 Å². The van der Waals surface area contributed by atoms with Crippen molar-refractivity contribution in [3.63, 3.8) is 0 Å². The maximum absolute atomic E-state index is 6.48. The highest BCUT2D eigenvalue weighted by Gasteiger charge is 2.23. The highest BCUT2D eigenvalue weighted by Crippen LogP contribution is 2.45. The molecular formula is C54H34N2O2. The van der Waals surface area contributed by atoms with Crippen LogP contribution in [0.3, 0.4) is 0 Å². The van der Waals surface area contributed by atoms with Gasteiger partial charge in [0.2, 0.25) is 0 Å². The first kappa shape index (κ1) is 31.6. The smallest absolute Gasteiger partial charge is 0.139 e. The Bertz CT molecular complexity index is 3720. The van der Waals surface area contributed by atoms with Crippen molar-refractivity contribution < 1.29 is 8.83 Å². The van der Waals surface area contributed by atoms with Crippen LogP contribution in [0.25, 0.3) is 110 Å². The molecule has 0 saturated heterocycles. The van der Waals surface area contributed by atoms with Crippen molar-refractivity contribution in [3.05, 3.63) is 194 Å². The van der Waals surface area contributed by atoms with Crippen LogP contribution < -0.4 is 0 Å². The van der Waals surface area contributed by atoms with Crippen LogP contribution in [0.2, 0.25) is 0 Å². The van der Waals surface area contributed by atoms with Gasteiger partial charge in [0, 0.05) is 66.0 Å². The van der Waals surface area contributed by atoms with Gasteiger partial charge in [-0.2, -0.15) is 0 Å². The number of rotatable bonds is 4. The van der Waals surface area contributed by atoms with E-state index in [4.69, 9.17) is 8.83 Å². The molecule has 13 rings (SSSR count). The molecular weight excluding hydrogens is 709 g/mol. The van der Waals surface area contributed by atoms with Crippen molar-refractivity contribution in [2.75, 3.05) is 0 Å². The zero-order valence-electron chi connectivity index (χ0n) is 31.4. The average Bonchev–Trinajstić information content (AvgIpc) is 4.04. The quantitative estimate of drug-likeness (QED) is 0.180. The lowest BCUT2D eigenvalue weighted by molar-refractivity contribution is 0.657. The third kappa shape index (κ3) is 4.45. The third-order valence-electron chi connectivity index (χ3n) is 12.5. The number of fused-ring (bicyclic) bond motifs is 13. The summed E-state index contributed by atoms with van der Waals surface area (Å²) < 4.78 is 17.8. The fourth-order valence-electron chi connectivity index (χ4n) is 9.86. The Morgan fingerprint density at radius 3 is 1.90 bits per heavy atom. The van der Waals surface area contributed by atoms with Crippen LogP contribution in [0.5, 0.6) is 0 Å². The zero-order chi connectivity index (χ0) is 37.9. The summed E-state index contributed by atoms with van der Waals surface area (Å²) in [4.78, 5) is 0. The monoisotopic (exact) mass is 742 g/mol. The number of aromatic nitrogens is 2. The van der Waals surface area contributed by atoms with Crippen LogP contribution in [-0.4, -0.2) is 9.13 Å². The van der Waals surface area contributed by atoms with Crippen LogP contribution in [0.4, 0.5) is 0 Å². The summed E-state index contributed by atoms with van der Waals surface area (Å²) in [6.45, 7) is 0. The first-order valence-electron chi connectivity index (χ1n) is 20.0. The van der Waals surface area contributed by atoms with E-state index >= 15 is 0 Å². The van der Waals surface area contributed by atoms with Crippen molar-refractivity contribution in [1.29, 1.82) is 0 Å². The Morgan fingerprint density at radius 1 is 0.431 bits per heavy atom. The van der Waals surface area contributed by atoms with E-state index in [2.05, 4.69) is 185 Å². The first-order chi connectivity index (χ1) is 28.8. The second kappa shape index (κ2) is 12.0.